The molecule has 31 heavy (non-hydrogen) atoms. The van der Waals surface area contributed by atoms with Gasteiger partial charge in [-0.2, -0.15) is 0 Å². The Balaban J connectivity index is 2.08. The lowest BCUT2D eigenvalue weighted by molar-refractivity contribution is -0.0217. The summed E-state index contributed by atoms with van der Waals surface area (Å²) in [6.07, 6.45) is 0. The van der Waals surface area contributed by atoms with Gasteiger partial charge in [0.15, 0.2) is 0 Å². The molecule has 0 atom stereocenters. The maximum Gasteiger partial charge on any atom is 0.0701 e. The van der Waals surface area contributed by atoms with Gasteiger partial charge in [-0.15, -0.1) is 0 Å². The Kier molecular flexibility index (Phi) is 22.4. The molecule has 0 spiro atoms. The van der Waals surface area contributed by atoms with E-state index in [9.17, 15) is 0 Å². The number of nitrogens with zero attached hydrogens (tertiary/aromatic N) is 1. The van der Waals surface area contributed by atoms with Crippen molar-refractivity contribution in [3.8, 4) is 0 Å². The molecule has 1 aliphatic rings. The van der Waals surface area contributed by atoms with E-state index in [1.165, 1.54) is 0 Å². The molecular weight excluding hydrogens is 410 g/mol. The van der Waals surface area contributed by atoms with Crippen LogP contribution in [-0.4, -0.2) is 144 Å². The molecule has 0 radical (unpaired) electrons. The second-order valence-electron chi connectivity index (χ2n) is 6.73. The van der Waals surface area contributed by atoms with Crippen LogP contribution in [0.25, 0.3) is 0 Å². The predicted molar refractivity (Wildman–Crippen MR) is 115 cm³/mol. The predicted octanol–water partition coefficient (Wildman–Crippen LogP) is 0.0812. The van der Waals surface area contributed by atoms with Crippen LogP contribution in [0.3, 0.4) is 0 Å². The van der Waals surface area contributed by atoms with Crippen molar-refractivity contribution in [3.05, 3.63) is 0 Å². The molecule has 0 N–H and O–H groups in total. The maximum atomic E-state index is 5.69. The summed E-state index contributed by atoms with van der Waals surface area (Å²) >= 11 is 0. The lowest BCUT2D eigenvalue weighted by Gasteiger charge is -2.22. The number of hydrogen-bond donors (Lipinski definition) is 0. The SMILES string of the molecule is COCCOCCOCCOCCN1CCOCCOCCOCCOCCOCC1. The quantitative estimate of drug-likeness (QED) is 0.379. The van der Waals surface area contributed by atoms with Gasteiger partial charge in [0, 0.05) is 26.7 Å². The highest BCUT2D eigenvalue weighted by Gasteiger charge is 2.06. The molecule has 1 rings (SSSR count). The maximum absolute atomic E-state index is 5.69. The standard InChI is InChI=1S/C21H43NO9/c1-23-8-9-27-16-17-28-13-10-24-5-2-22-3-6-25-11-14-29-18-20-31-21-19-30-15-12-26-7-4-22/h2-21H2,1H3. The van der Waals surface area contributed by atoms with E-state index in [2.05, 4.69) is 4.90 Å². The first-order chi connectivity index (χ1) is 15.4. The number of ether oxygens (including phenoxy) is 9. The van der Waals surface area contributed by atoms with E-state index in [-0.39, 0.29) is 0 Å². The van der Waals surface area contributed by atoms with Crippen molar-refractivity contribution in [2.24, 2.45) is 0 Å². The van der Waals surface area contributed by atoms with Crippen LogP contribution in [0.2, 0.25) is 0 Å². The van der Waals surface area contributed by atoms with Crippen LogP contribution >= 0.6 is 0 Å². The first kappa shape index (κ1) is 28.6. The zero-order valence-electron chi connectivity index (χ0n) is 19.3. The minimum Gasteiger partial charge on any atom is -0.382 e. The van der Waals surface area contributed by atoms with Crippen LogP contribution in [-0.2, 0) is 42.6 Å². The normalized spacial score (nSPS) is 19.6. The molecule has 0 saturated carbocycles. The van der Waals surface area contributed by atoms with Gasteiger partial charge in [-0.3, -0.25) is 4.90 Å². The van der Waals surface area contributed by atoms with E-state index in [0.29, 0.717) is 112 Å². The summed E-state index contributed by atoms with van der Waals surface area (Å²) in [6.45, 7) is 12.4. The summed E-state index contributed by atoms with van der Waals surface area (Å²) in [5.74, 6) is 0. The van der Waals surface area contributed by atoms with Crippen molar-refractivity contribution in [2.45, 2.75) is 0 Å². The average molecular weight is 454 g/mol. The third-order valence-electron chi connectivity index (χ3n) is 4.32. The van der Waals surface area contributed by atoms with Crippen LogP contribution in [0.5, 0.6) is 0 Å². The summed E-state index contributed by atoms with van der Waals surface area (Å²) in [5, 5.41) is 0. The third-order valence-corrected chi connectivity index (χ3v) is 4.32. The van der Waals surface area contributed by atoms with E-state index in [1.807, 2.05) is 0 Å². The minimum absolute atomic E-state index is 0.560. The second kappa shape index (κ2) is 24.2. The largest absolute Gasteiger partial charge is 0.382 e. The van der Waals surface area contributed by atoms with E-state index in [4.69, 9.17) is 42.6 Å². The van der Waals surface area contributed by atoms with Gasteiger partial charge in [-0.1, -0.05) is 0 Å². The van der Waals surface area contributed by atoms with Gasteiger partial charge in [0.05, 0.1) is 112 Å². The van der Waals surface area contributed by atoms with Crippen LogP contribution in [0.4, 0.5) is 0 Å². The average Bonchev–Trinajstić information content (AvgIpc) is 2.78. The fourth-order valence-corrected chi connectivity index (χ4v) is 2.58. The number of rotatable bonds is 12. The van der Waals surface area contributed by atoms with Gasteiger partial charge < -0.3 is 42.6 Å². The highest BCUT2D eigenvalue weighted by atomic mass is 16.6. The van der Waals surface area contributed by atoms with Crippen molar-refractivity contribution in [1.29, 1.82) is 0 Å². The Hall–Kier alpha value is -0.400. The summed E-state index contributed by atoms with van der Waals surface area (Å²) in [4.78, 5) is 2.28. The molecule has 10 nitrogen and oxygen atoms in total. The van der Waals surface area contributed by atoms with E-state index >= 15 is 0 Å². The van der Waals surface area contributed by atoms with E-state index in [1.54, 1.807) is 7.11 Å². The van der Waals surface area contributed by atoms with Crippen molar-refractivity contribution < 1.29 is 42.6 Å². The molecule has 1 saturated heterocycles. The van der Waals surface area contributed by atoms with Gasteiger partial charge in [0.25, 0.3) is 0 Å². The molecule has 0 bridgehead atoms. The van der Waals surface area contributed by atoms with Crippen molar-refractivity contribution >= 4 is 0 Å². The summed E-state index contributed by atoms with van der Waals surface area (Å²) in [5.41, 5.74) is 0. The first-order valence-corrected chi connectivity index (χ1v) is 11.3. The van der Waals surface area contributed by atoms with Gasteiger partial charge in [-0.05, 0) is 0 Å². The Morgan fingerprint density at radius 3 is 1.26 bits per heavy atom. The molecule has 186 valence electrons. The molecule has 1 fully saturated rings. The topological polar surface area (TPSA) is 86.3 Å². The van der Waals surface area contributed by atoms with Crippen LogP contribution in [0, 0.1) is 0 Å². The highest BCUT2D eigenvalue weighted by molar-refractivity contribution is 4.57. The lowest BCUT2D eigenvalue weighted by Crippen LogP contribution is -2.34. The fourth-order valence-electron chi connectivity index (χ4n) is 2.58. The monoisotopic (exact) mass is 453 g/mol. The van der Waals surface area contributed by atoms with Crippen molar-refractivity contribution in [3.63, 3.8) is 0 Å². The highest BCUT2D eigenvalue weighted by Crippen LogP contribution is 1.93. The molecule has 1 heterocycles. The van der Waals surface area contributed by atoms with E-state index < -0.39 is 0 Å². The number of hydrogen-bond acceptors (Lipinski definition) is 10. The Morgan fingerprint density at radius 2 is 0.839 bits per heavy atom. The fraction of sp³-hybridized carbons (Fsp3) is 1.00. The molecule has 0 amide bonds. The molecule has 0 aliphatic carbocycles. The van der Waals surface area contributed by atoms with Gasteiger partial charge in [-0.25, -0.2) is 0 Å². The lowest BCUT2D eigenvalue weighted by atomic mass is 10.4. The minimum atomic E-state index is 0.560. The molecule has 0 unspecified atom stereocenters. The van der Waals surface area contributed by atoms with Gasteiger partial charge in [0.2, 0.25) is 0 Å². The van der Waals surface area contributed by atoms with Crippen LogP contribution in [0.15, 0.2) is 0 Å². The molecule has 1 aliphatic heterocycles. The Labute approximate surface area is 187 Å². The second-order valence-corrected chi connectivity index (χ2v) is 6.73. The zero-order chi connectivity index (χ0) is 22.1. The summed E-state index contributed by atoms with van der Waals surface area (Å²) in [6, 6.07) is 0. The summed E-state index contributed by atoms with van der Waals surface area (Å²) in [7, 11) is 1.66. The molecule has 10 heteroatoms. The van der Waals surface area contributed by atoms with Gasteiger partial charge in [0.1, 0.15) is 0 Å². The first-order valence-electron chi connectivity index (χ1n) is 11.3. The smallest absolute Gasteiger partial charge is 0.0701 e. The summed E-state index contributed by atoms with van der Waals surface area (Å²) < 4.78 is 49.1. The third kappa shape index (κ3) is 21.2. The molecular formula is C21H43NO9. The number of methoxy groups -OCH3 is 1. The van der Waals surface area contributed by atoms with E-state index in [0.717, 1.165) is 19.6 Å². The van der Waals surface area contributed by atoms with Crippen LogP contribution < -0.4 is 0 Å². The molecule has 0 aromatic carbocycles. The van der Waals surface area contributed by atoms with Crippen LogP contribution in [0.1, 0.15) is 0 Å². The Bertz CT molecular complexity index is 335. The zero-order valence-corrected chi connectivity index (χ0v) is 19.3. The molecule has 0 aromatic rings. The van der Waals surface area contributed by atoms with Crippen molar-refractivity contribution in [2.75, 3.05) is 139 Å². The van der Waals surface area contributed by atoms with Crippen molar-refractivity contribution in [1.82, 2.24) is 4.90 Å². The molecule has 0 aromatic heterocycles. The Morgan fingerprint density at radius 1 is 0.484 bits per heavy atom. The van der Waals surface area contributed by atoms with Gasteiger partial charge >= 0.3 is 0 Å².